The third-order valence-corrected chi connectivity index (χ3v) is 4.07. The zero-order valence-electron chi connectivity index (χ0n) is 19.1. The average molecular weight is 1050 g/mol. The van der Waals surface area contributed by atoms with Gasteiger partial charge >= 0.3 is 52.4 Å². The van der Waals surface area contributed by atoms with Gasteiger partial charge in [0.25, 0.3) is 0 Å². The largest absolute Gasteiger partial charge is 3.00 e. The van der Waals surface area contributed by atoms with E-state index in [9.17, 15) is 30.6 Å². The quantitative estimate of drug-likeness (QED) is 0.0720. The van der Waals surface area contributed by atoms with E-state index in [1.54, 1.807) is 0 Å². The van der Waals surface area contributed by atoms with Crippen LogP contribution in [0.4, 0.5) is 0 Å². The summed E-state index contributed by atoms with van der Waals surface area (Å²) in [6, 6.07) is 0. The van der Waals surface area contributed by atoms with Crippen molar-refractivity contribution in [2.75, 3.05) is 19.8 Å². The Hall–Kier alpha value is 0.936. The molecule has 2 rings (SSSR count). The van der Waals surface area contributed by atoms with Gasteiger partial charge in [0.05, 0.1) is 13.2 Å². The van der Waals surface area contributed by atoms with Crippen molar-refractivity contribution in [1.82, 2.24) is 0 Å². The number of aliphatic hydroxyl groups is 8. The van der Waals surface area contributed by atoms with Gasteiger partial charge in [-0.25, -0.2) is 0 Å². The molecule has 0 unspecified atom stereocenters. The maximum Gasteiger partial charge on any atom is 3.00 e. The predicted octanol–water partition coefficient (Wildman–Crippen LogP) is -10.2. The molecule has 2 heterocycles. The van der Waals surface area contributed by atoms with Crippen LogP contribution in [0.2, 0.25) is 0 Å². The van der Waals surface area contributed by atoms with Crippen LogP contribution in [0, 0.1) is 0 Å². The summed E-state index contributed by atoms with van der Waals surface area (Å²) in [5.74, 6) is -2.22. The van der Waals surface area contributed by atoms with Crippen molar-refractivity contribution in [1.29, 1.82) is 0 Å². The third kappa shape index (κ3) is 20.8. The maximum absolute atomic E-state index is 10.00. The summed E-state index contributed by atoms with van der Waals surface area (Å²) < 4.78 is 118. The molecule has 2 saturated heterocycles. The molecule has 23 nitrogen and oxygen atoms in total. The number of aliphatic hydroxyl groups excluding tert-OH is 8. The summed E-state index contributed by atoms with van der Waals surface area (Å²) in [5, 5.41) is 76.7. The molecule has 8 N–H and O–H groups in total. The van der Waals surface area contributed by atoms with Crippen LogP contribution in [-0.4, -0.2) is 220 Å². The molecule has 2 fully saturated rings. The van der Waals surface area contributed by atoms with Crippen LogP contribution >= 0.6 is 0 Å². The van der Waals surface area contributed by atoms with Crippen molar-refractivity contribution in [3.05, 3.63) is 0 Å². The Morgan fingerprint density at radius 1 is 0.625 bits per heavy atom. The zero-order chi connectivity index (χ0) is 30.9. The van der Waals surface area contributed by atoms with Gasteiger partial charge in [-0.1, -0.05) is 0 Å². The Bertz CT molecular complexity index is 911. The minimum Gasteiger partial charge on any atom is -0.759 e. The second kappa shape index (κ2) is 20.1. The van der Waals surface area contributed by atoms with Gasteiger partial charge in [0, 0.05) is 31.2 Å². The molecule has 0 spiro atoms. The van der Waals surface area contributed by atoms with Crippen LogP contribution in [0.25, 0.3) is 0 Å². The van der Waals surface area contributed by atoms with Crippen molar-refractivity contribution in [3.8, 4) is 0 Å². The van der Waals surface area contributed by atoms with Gasteiger partial charge in [0.1, 0.15) is 49.3 Å². The molecule has 4 radical (unpaired) electrons. The molecular formula is C12H22Bi2O23S3. The van der Waals surface area contributed by atoms with Crippen LogP contribution in [0.5, 0.6) is 0 Å². The third-order valence-electron chi connectivity index (χ3n) is 4.07. The molecular weight excluding hydrogens is 1030 g/mol. The number of ether oxygens (including phenoxy) is 3. The van der Waals surface area contributed by atoms with Crippen molar-refractivity contribution in [2.24, 2.45) is 0 Å². The monoisotopic (exact) mass is 1050 g/mol. The molecule has 0 aromatic carbocycles. The second-order valence-electron chi connectivity index (χ2n) is 6.78. The van der Waals surface area contributed by atoms with E-state index in [4.69, 9.17) is 77.0 Å². The van der Waals surface area contributed by atoms with Gasteiger partial charge in [0.15, 0.2) is 6.29 Å². The van der Waals surface area contributed by atoms with Crippen LogP contribution in [0.15, 0.2) is 0 Å². The summed E-state index contributed by atoms with van der Waals surface area (Å²) in [6.07, 6.45) is -12.7. The van der Waals surface area contributed by atoms with Gasteiger partial charge in [0.2, 0.25) is 5.79 Å². The summed E-state index contributed by atoms with van der Waals surface area (Å²) >= 11 is 0. The van der Waals surface area contributed by atoms with E-state index in [2.05, 4.69) is 0 Å². The van der Waals surface area contributed by atoms with Crippen molar-refractivity contribution in [3.63, 3.8) is 0 Å². The Morgan fingerprint density at radius 3 is 1.25 bits per heavy atom. The first-order valence-electron chi connectivity index (χ1n) is 9.05. The number of hydrogen-bond donors (Lipinski definition) is 8. The van der Waals surface area contributed by atoms with Gasteiger partial charge in [-0.05, 0) is 0 Å². The number of hydrogen-bond acceptors (Lipinski definition) is 23. The molecule has 0 aromatic heterocycles. The first kappa shape index (κ1) is 47.9. The fraction of sp³-hybridized carbons (Fsp3) is 1.00. The van der Waals surface area contributed by atoms with Gasteiger partial charge in [-0.15, -0.1) is 0 Å². The first-order valence-corrected chi connectivity index (χ1v) is 13.0. The van der Waals surface area contributed by atoms with E-state index >= 15 is 0 Å². The summed E-state index contributed by atoms with van der Waals surface area (Å²) in [5.41, 5.74) is 0. The molecule has 0 saturated carbocycles. The smallest absolute Gasteiger partial charge is 0.759 e. The summed E-state index contributed by atoms with van der Waals surface area (Å²) in [7, 11) is -15.5. The van der Waals surface area contributed by atoms with Crippen molar-refractivity contribution < 1.29 is 108 Å². The van der Waals surface area contributed by atoms with Crippen molar-refractivity contribution >= 4 is 83.6 Å². The van der Waals surface area contributed by atoms with E-state index in [-0.39, 0.29) is 52.4 Å². The van der Waals surface area contributed by atoms with Gasteiger partial charge in [-0.3, -0.25) is 25.3 Å². The molecule has 0 amide bonds. The second-order valence-corrected chi connectivity index (χ2v) is 9.23. The van der Waals surface area contributed by atoms with Crippen LogP contribution in [0.1, 0.15) is 0 Å². The minimum absolute atomic E-state index is 0. The van der Waals surface area contributed by atoms with E-state index < -0.39 is 106 Å². The van der Waals surface area contributed by atoms with E-state index in [1.165, 1.54) is 0 Å². The fourth-order valence-corrected chi connectivity index (χ4v) is 2.63. The first-order chi connectivity index (χ1) is 16.8. The van der Waals surface area contributed by atoms with Gasteiger partial charge in [-0.2, -0.15) is 0 Å². The predicted molar refractivity (Wildman–Crippen MR) is 112 cm³/mol. The molecule has 0 aliphatic carbocycles. The van der Waals surface area contributed by atoms with Gasteiger partial charge < -0.3 is 82.4 Å². The van der Waals surface area contributed by atoms with E-state index in [0.29, 0.717) is 0 Å². The molecule has 40 heavy (non-hydrogen) atoms. The van der Waals surface area contributed by atoms with Crippen LogP contribution in [0.3, 0.4) is 0 Å². The maximum atomic E-state index is 10.00. The Kier molecular flexibility index (Phi) is 24.0. The number of rotatable bonds is 5. The van der Waals surface area contributed by atoms with Crippen molar-refractivity contribution in [2.45, 2.75) is 54.8 Å². The Labute approximate surface area is 264 Å². The fourth-order valence-electron chi connectivity index (χ4n) is 2.63. The van der Waals surface area contributed by atoms with E-state index in [1.807, 2.05) is 0 Å². The summed E-state index contributed by atoms with van der Waals surface area (Å²) in [6.45, 7) is -2.32. The summed E-state index contributed by atoms with van der Waals surface area (Å²) in [4.78, 5) is 0. The normalized spacial score (nSPS) is 33.8. The molecule has 28 heteroatoms. The Morgan fingerprint density at radius 2 is 0.975 bits per heavy atom. The van der Waals surface area contributed by atoms with E-state index in [0.717, 1.165) is 0 Å². The molecule has 236 valence electrons. The standard InChI is InChI=1S/C12H22O11.2Bi.3H2O4S/c13-1-4-6(16)8(18)9(19)11(21-4)23-12(3-15)10(20)7(17)5(2-14)22-12;;;3*1-5(2,3)4/h4-11,13-20H,1-3H2;;;3*(H2,1,2,3,4)/q;2*+3;;;/p-6/t4-,5-,6-,7-,8+,9-,10+,11-,12+;;;;;/m1...../s1. The molecule has 9 atom stereocenters. The van der Waals surface area contributed by atoms with Crippen LogP contribution in [-0.2, 0) is 45.4 Å². The SMILES string of the molecule is O=S(=O)([O-])[O-].O=S(=O)([O-])[O-].O=S(=O)([O-])[O-].OC[C@H]1O[C@@](CO)(O[C@H]2O[C@H](CO)[C@@H](O)[C@H](O)[C@H]2O)[C@@H](O)[C@@H]1O.[Bi+3].[Bi+3]. The Balaban J connectivity index is -0.000000316. The van der Waals surface area contributed by atoms with Crippen LogP contribution < -0.4 is 0 Å². The zero-order valence-corrected chi connectivity index (χ0v) is 28.5. The molecule has 2 aliphatic rings. The molecule has 0 bridgehead atoms. The topological polar surface area (TPSA) is 430 Å². The molecule has 0 aromatic rings. The average Bonchev–Trinajstić information content (AvgIpc) is 2.95. The minimum atomic E-state index is -5.17. The molecule has 2 aliphatic heterocycles.